The van der Waals surface area contributed by atoms with Crippen molar-refractivity contribution in [1.29, 1.82) is 0 Å². The van der Waals surface area contributed by atoms with E-state index in [1.165, 1.54) is 56.6 Å². The zero-order valence-corrected chi connectivity index (χ0v) is 21.4. The van der Waals surface area contributed by atoms with Gasteiger partial charge in [-0.1, -0.05) is 44.2 Å². The third kappa shape index (κ3) is 4.00. The summed E-state index contributed by atoms with van der Waals surface area (Å²) in [6.45, 7) is 8.74. The van der Waals surface area contributed by atoms with Crippen molar-refractivity contribution in [3.63, 3.8) is 0 Å². The van der Waals surface area contributed by atoms with Crippen LogP contribution in [0.1, 0.15) is 58.7 Å². The minimum absolute atomic E-state index is 0.245. The molecule has 5 rings (SSSR count). The van der Waals surface area contributed by atoms with Crippen molar-refractivity contribution in [3.05, 3.63) is 120 Å². The second kappa shape index (κ2) is 9.32. The van der Waals surface area contributed by atoms with Gasteiger partial charge in [0.25, 0.3) is 11.4 Å². The first-order chi connectivity index (χ1) is 17.7. The van der Waals surface area contributed by atoms with Crippen LogP contribution in [-0.4, -0.2) is 9.85 Å². The van der Waals surface area contributed by atoms with Crippen LogP contribution >= 0.6 is 0 Å². The Hall–Kier alpha value is -4.26. The first-order valence-electron chi connectivity index (χ1n) is 12.6. The molecule has 0 unspecified atom stereocenters. The first kappa shape index (κ1) is 24.4. The maximum absolute atomic E-state index is 11.7. The molecule has 3 aromatic carbocycles. The van der Waals surface area contributed by atoms with Gasteiger partial charge in [0.1, 0.15) is 0 Å². The summed E-state index contributed by atoms with van der Waals surface area (Å²) < 4.78 is 0. The highest BCUT2D eigenvalue weighted by molar-refractivity contribution is 5.88. The number of nitro benzene ring substituents is 2. The summed E-state index contributed by atoms with van der Waals surface area (Å²) in [7, 11) is 0. The van der Waals surface area contributed by atoms with Crippen molar-refractivity contribution in [3.8, 4) is 11.1 Å². The normalized spacial score (nSPS) is 14.1. The Morgan fingerprint density at radius 3 is 2.30 bits per heavy atom. The Bertz CT molecular complexity index is 1510. The minimum Gasteiger partial charge on any atom is -0.324 e. The highest BCUT2D eigenvalue weighted by Gasteiger charge is 2.29. The van der Waals surface area contributed by atoms with Gasteiger partial charge in [-0.2, -0.15) is 0 Å². The second-order valence-corrected chi connectivity index (χ2v) is 9.69. The van der Waals surface area contributed by atoms with E-state index in [0.717, 1.165) is 31.0 Å². The van der Waals surface area contributed by atoms with Crippen LogP contribution in [0.4, 0.5) is 17.1 Å². The lowest BCUT2D eigenvalue weighted by Gasteiger charge is -2.27. The number of hydrogen-bond donors (Lipinski definition) is 0. The second-order valence-electron chi connectivity index (χ2n) is 9.69. The van der Waals surface area contributed by atoms with E-state index in [0.29, 0.717) is 5.56 Å². The monoisotopic (exact) mass is 495 g/mol. The summed E-state index contributed by atoms with van der Waals surface area (Å²) in [4.78, 5) is 23.8. The van der Waals surface area contributed by atoms with Gasteiger partial charge in [0.15, 0.2) is 0 Å². The summed E-state index contributed by atoms with van der Waals surface area (Å²) >= 11 is 0. The Kier molecular flexibility index (Phi) is 6.15. The van der Waals surface area contributed by atoms with Crippen molar-refractivity contribution in [1.82, 2.24) is 0 Å². The molecule has 1 aliphatic carbocycles. The molecule has 1 aliphatic heterocycles. The Labute approximate surface area is 216 Å². The van der Waals surface area contributed by atoms with E-state index in [4.69, 9.17) is 0 Å². The molecule has 7 nitrogen and oxygen atoms in total. The molecule has 7 heteroatoms. The standard InChI is InChI=1S/C30H29N3O4/c1-5-20-15-26-27(16-22-8-7-18(3)24(6-2)29(22)26)30(19(20)4)31-13-11-21(12-14-31)25-10-9-23(32(34)35)17-28(25)33(36)37/h7-15,17,21H,5-6,16H2,1-4H3. The van der Waals surface area contributed by atoms with E-state index < -0.39 is 9.85 Å². The largest absolute Gasteiger partial charge is 0.324 e. The molecule has 0 N–H and O–H groups in total. The van der Waals surface area contributed by atoms with Crippen molar-refractivity contribution in [2.75, 3.05) is 4.90 Å². The van der Waals surface area contributed by atoms with Crippen LogP contribution in [0, 0.1) is 34.1 Å². The van der Waals surface area contributed by atoms with E-state index in [2.05, 4.69) is 50.8 Å². The molecule has 0 fully saturated rings. The first-order valence-corrected chi connectivity index (χ1v) is 12.6. The predicted octanol–water partition coefficient (Wildman–Crippen LogP) is 7.45. The molecular formula is C30H29N3O4. The molecule has 0 atom stereocenters. The highest BCUT2D eigenvalue weighted by atomic mass is 16.6. The van der Waals surface area contributed by atoms with Gasteiger partial charge in [-0.05, 0) is 77.3 Å². The Morgan fingerprint density at radius 1 is 0.946 bits per heavy atom. The van der Waals surface area contributed by atoms with Gasteiger partial charge in [-0.15, -0.1) is 0 Å². The zero-order chi connectivity index (χ0) is 26.4. The van der Waals surface area contributed by atoms with Gasteiger partial charge in [0.05, 0.1) is 21.6 Å². The number of aryl methyl sites for hydroxylation is 2. The Balaban J connectivity index is 1.57. The van der Waals surface area contributed by atoms with Crippen LogP contribution < -0.4 is 4.90 Å². The summed E-state index contributed by atoms with van der Waals surface area (Å²) in [6, 6.07) is 10.7. The fraction of sp³-hybridized carbons (Fsp3) is 0.267. The number of hydrogen-bond acceptors (Lipinski definition) is 5. The molecule has 3 aromatic rings. The van der Waals surface area contributed by atoms with Crippen LogP contribution in [0.15, 0.2) is 61.0 Å². The molecule has 0 saturated carbocycles. The molecule has 0 amide bonds. The lowest BCUT2D eigenvalue weighted by molar-refractivity contribution is -0.394. The van der Waals surface area contributed by atoms with E-state index in [1.807, 2.05) is 24.6 Å². The quantitative estimate of drug-likeness (QED) is 0.205. The number of nitrogens with zero attached hydrogens (tertiary/aromatic N) is 3. The number of anilines is 1. The molecule has 0 radical (unpaired) electrons. The number of benzene rings is 3. The third-order valence-electron chi connectivity index (χ3n) is 7.72. The van der Waals surface area contributed by atoms with Gasteiger partial charge in [-0.3, -0.25) is 20.2 Å². The van der Waals surface area contributed by atoms with Crippen LogP contribution in [-0.2, 0) is 19.3 Å². The molecular weight excluding hydrogens is 466 g/mol. The lowest BCUT2D eigenvalue weighted by atomic mass is 9.90. The SMILES string of the molecule is CCc1cc2c(c(N3C=CC(c4ccc([N+](=O)[O-])cc4[N+](=O)[O-])C=C3)c1C)Cc1ccc(C)c(CC)c1-2. The van der Waals surface area contributed by atoms with Gasteiger partial charge in [-0.25, -0.2) is 0 Å². The fourth-order valence-corrected chi connectivity index (χ4v) is 5.85. The molecule has 37 heavy (non-hydrogen) atoms. The highest BCUT2D eigenvalue weighted by Crippen LogP contribution is 2.47. The average Bonchev–Trinajstić information content (AvgIpc) is 3.26. The van der Waals surface area contributed by atoms with Gasteiger partial charge in [0.2, 0.25) is 0 Å². The van der Waals surface area contributed by atoms with E-state index >= 15 is 0 Å². The number of non-ortho nitro benzene ring substituents is 1. The molecule has 188 valence electrons. The van der Waals surface area contributed by atoms with E-state index in [9.17, 15) is 20.2 Å². The topological polar surface area (TPSA) is 89.5 Å². The average molecular weight is 496 g/mol. The molecule has 2 aliphatic rings. The fourth-order valence-electron chi connectivity index (χ4n) is 5.85. The van der Waals surface area contributed by atoms with Crippen molar-refractivity contribution in [2.45, 2.75) is 52.9 Å². The van der Waals surface area contributed by atoms with Gasteiger partial charge < -0.3 is 4.90 Å². The van der Waals surface area contributed by atoms with Crippen LogP contribution in [0.25, 0.3) is 11.1 Å². The van der Waals surface area contributed by atoms with Gasteiger partial charge in [0, 0.05) is 36.4 Å². The van der Waals surface area contributed by atoms with Crippen molar-refractivity contribution >= 4 is 17.1 Å². The van der Waals surface area contributed by atoms with Gasteiger partial charge >= 0.3 is 0 Å². The molecule has 0 aromatic heterocycles. The van der Waals surface area contributed by atoms with Crippen molar-refractivity contribution < 1.29 is 9.85 Å². The Morgan fingerprint density at radius 2 is 1.68 bits per heavy atom. The number of fused-ring (bicyclic) bond motifs is 3. The van der Waals surface area contributed by atoms with E-state index in [1.54, 1.807) is 0 Å². The third-order valence-corrected chi connectivity index (χ3v) is 7.72. The van der Waals surface area contributed by atoms with Crippen molar-refractivity contribution in [2.24, 2.45) is 0 Å². The summed E-state index contributed by atoms with van der Waals surface area (Å²) in [5.74, 6) is -0.355. The van der Waals surface area contributed by atoms with Crippen LogP contribution in [0.2, 0.25) is 0 Å². The maximum atomic E-state index is 11.7. The van der Waals surface area contributed by atoms with Crippen LogP contribution in [0.3, 0.4) is 0 Å². The van der Waals surface area contributed by atoms with E-state index in [-0.39, 0.29) is 17.3 Å². The number of allylic oxidation sites excluding steroid dienone is 2. The summed E-state index contributed by atoms with van der Waals surface area (Å²) in [5.41, 5.74) is 11.7. The number of rotatable bonds is 6. The predicted molar refractivity (Wildman–Crippen MR) is 146 cm³/mol. The van der Waals surface area contributed by atoms with Crippen LogP contribution in [0.5, 0.6) is 0 Å². The summed E-state index contributed by atoms with van der Waals surface area (Å²) in [5, 5.41) is 22.8. The maximum Gasteiger partial charge on any atom is 0.280 e. The molecule has 0 saturated heterocycles. The lowest BCUT2D eigenvalue weighted by Crippen LogP contribution is -2.16. The molecule has 0 spiro atoms. The smallest absolute Gasteiger partial charge is 0.280 e. The molecule has 0 bridgehead atoms. The zero-order valence-electron chi connectivity index (χ0n) is 21.4. The number of nitro groups is 2. The molecule has 1 heterocycles. The minimum atomic E-state index is -0.613. The summed E-state index contributed by atoms with van der Waals surface area (Å²) in [6.07, 6.45) is 10.5.